The lowest BCUT2D eigenvalue weighted by atomic mass is 9.67. The predicted molar refractivity (Wildman–Crippen MR) is 165 cm³/mol. The van der Waals surface area contributed by atoms with Gasteiger partial charge in [0.1, 0.15) is 23.0 Å². The average molecular weight is 568 g/mol. The molecule has 7 rings (SSSR count). The molecule has 42 heavy (non-hydrogen) atoms. The first-order chi connectivity index (χ1) is 20.4. The number of aromatic hydroxyl groups is 4. The van der Waals surface area contributed by atoms with Crippen molar-refractivity contribution in [2.45, 2.75) is 20.1 Å². The van der Waals surface area contributed by atoms with E-state index in [0.717, 1.165) is 48.1 Å². The molecule has 5 heteroatoms. The molecule has 0 aromatic heterocycles. The molecule has 204 valence electrons. The Balaban J connectivity index is 1.54. The molecule has 0 heterocycles. The maximum atomic E-state index is 10.2. The van der Waals surface area contributed by atoms with Gasteiger partial charge in [-0.05, 0) is 124 Å². The molecule has 0 aliphatic heterocycles. The van der Waals surface area contributed by atoms with Crippen LogP contribution in [-0.2, 0) is 16.3 Å². The molecule has 0 atom stereocenters. The lowest BCUT2D eigenvalue weighted by Crippen LogP contribution is -2.28. The molecule has 0 saturated carbocycles. The van der Waals surface area contributed by atoms with Crippen LogP contribution in [0, 0.1) is 0 Å². The van der Waals surface area contributed by atoms with E-state index in [9.17, 15) is 20.4 Å². The largest absolute Gasteiger partial charge is 0.508 e. The fourth-order valence-electron chi connectivity index (χ4n) is 6.17. The first-order valence-electron chi connectivity index (χ1n) is 13.6. The second-order valence-electron chi connectivity index (χ2n) is 10.4. The summed E-state index contributed by atoms with van der Waals surface area (Å²) in [7, 11) is -0.544. The molecule has 0 spiro atoms. The monoisotopic (exact) mass is 567 g/mol. The van der Waals surface area contributed by atoms with Gasteiger partial charge in [0, 0.05) is 0 Å². The summed E-state index contributed by atoms with van der Waals surface area (Å²) in [5.74, 6) is 0.800. The minimum absolute atomic E-state index is 0.195. The van der Waals surface area contributed by atoms with Crippen LogP contribution in [0.5, 0.6) is 23.0 Å². The Labute approximate surface area is 246 Å². The molecule has 1 aliphatic carbocycles. The van der Waals surface area contributed by atoms with Crippen LogP contribution in [0.4, 0.5) is 0 Å². The fraction of sp³-hybridized carbons (Fsp3) is 0.0270. The summed E-state index contributed by atoms with van der Waals surface area (Å²) in [6.45, 7) is 0. The summed E-state index contributed by atoms with van der Waals surface area (Å²) in [5, 5.41) is 40.5. The van der Waals surface area contributed by atoms with Crippen molar-refractivity contribution in [3.63, 3.8) is 0 Å². The highest BCUT2D eigenvalue weighted by Crippen LogP contribution is 2.57. The molecule has 0 radical (unpaired) electrons. The van der Waals surface area contributed by atoms with Crippen molar-refractivity contribution in [1.29, 1.82) is 0 Å². The Bertz CT molecular complexity index is 1800. The van der Waals surface area contributed by atoms with Crippen LogP contribution in [0.2, 0.25) is 0 Å². The number of hydrogen-bond donors (Lipinski definition) is 4. The molecule has 6 aromatic carbocycles. The van der Waals surface area contributed by atoms with Gasteiger partial charge in [-0.25, -0.2) is 0 Å². The van der Waals surface area contributed by atoms with Gasteiger partial charge < -0.3 is 20.4 Å². The number of phenolic OH excluding ortho intramolecular Hbond substituents is 4. The average Bonchev–Trinajstić information content (AvgIpc) is 3.30. The Morgan fingerprint density at radius 1 is 0.381 bits per heavy atom. The van der Waals surface area contributed by atoms with Crippen LogP contribution < -0.4 is 0 Å². The van der Waals surface area contributed by atoms with E-state index in [1.165, 1.54) is 0 Å². The van der Waals surface area contributed by atoms with Crippen molar-refractivity contribution in [2.24, 2.45) is 0 Å². The lowest BCUT2D eigenvalue weighted by Gasteiger charge is -2.34. The first kappa shape index (κ1) is 25.8. The Hall–Kier alpha value is -5.13. The van der Waals surface area contributed by atoms with E-state index >= 15 is 0 Å². The van der Waals surface area contributed by atoms with E-state index in [2.05, 4.69) is 42.5 Å². The Kier molecular flexibility index (Phi) is 6.18. The second-order valence-corrected chi connectivity index (χ2v) is 12.4. The third kappa shape index (κ3) is 4.09. The summed E-state index contributed by atoms with van der Waals surface area (Å²) in [4.78, 5) is 3.16. The van der Waals surface area contributed by atoms with Gasteiger partial charge in [-0.2, -0.15) is 0 Å². The Morgan fingerprint density at radius 3 is 1.29 bits per heavy atom. The molecule has 6 aromatic rings. The third-order valence-corrected chi connectivity index (χ3v) is 10.2. The molecule has 1 aliphatic rings. The van der Waals surface area contributed by atoms with Gasteiger partial charge in [-0.15, -0.1) is 0 Å². The van der Waals surface area contributed by atoms with Crippen molar-refractivity contribution in [3.05, 3.63) is 162 Å². The summed E-state index contributed by atoms with van der Waals surface area (Å²) in [6.07, 6.45) is 0. The molecule has 0 saturated heterocycles. The SMILES string of the molecule is Oc1ccc([S+](c2ccc(O)cc2)c2ccc3c(c2)C(c2ccc(O)cc2)(c2ccc(O)cc2)c2ccccc2-3)cc1. The molecular formula is C37H27O4S+. The van der Waals surface area contributed by atoms with Gasteiger partial charge >= 0.3 is 0 Å². The predicted octanol–water partition coefficient (Wildman–Crippen LogP) is 7.97. The van der Waals surface area contributed by atoms with Crippen LogP contribution in [0.3, 0.4) is 0 Å². The van der Waals surface area contributed by atoms with Gasteiger partial charge in [0.15, 0.2) is 14.7 Å². The summed E-state index contributed by atoms with van der Waals surface area (Å²) in [6, 6.07) is 44.4. The Morgan fingerprint density at radius 2 is 0.786 bits per heavy atom. The van der Waals surface area contributed by atoms with Gasteiger partial charge in [0.2, 0.25) is 0 Å². The standard InChI is InChI=1S/C37H26O4S/c38-26-9-5-24(6-10-26)37(25-7-11-27(39)12-8-25)35-4-2-1-3-33(35)34-22-21-32(23-36(34)37)42(30-17-13-28(40)14-18-30)31-19-15-29(41)16-20-31/h1-23H,(H3-,38,39,40,41)/p+1. The molecule has 4 nitrogen and oxygen atoms in total. The number of rotatable bonds is 5. The van der Waals surface area contributed by atoms with Crippen LogP contribution in [-0.4, -0.2) is 20.4 Å². The van der Waals surface area contributed by atoms with Crippen molar-refractivity contribution >= 4 is 10.9 Å². The molecular weight excluding hydrogens is 540 g/mol. The highest BCUT2D eigenvalue weighted by Gasteiger charge is 2.47. The van der Waals surface area contributed by atoms with Gasteiger partial charge in [-0.3, -0.25) is 0 Å². The van der Waals surface area contributed by atoms with E-state index in [0.29, 0.717) is 0 Å². The normalized spacial score (nSPS) is 13.1. The zero-order valence-corrected chi connectivity index (χ0v) is 23.3. The fourth-order valence-corrected chi connectivity index (χ4v) is 8.24. The van der Waals surface area contributed by atoms with Crippen LogP contribution in [0.1, 0.15) is 22.3 Å². The maximum Gasteiger partial charge on any atom is 0.166 e. The van der Waals surface area contributed by atoms with E-state index in [4.69, 9.17) is 0 Å². The number of benzene rings is 6. The summed E-state index contributed by atoms with van der Waals surface area (Å²) < 4.78 is 0. The third-order valence-electron chi connectivity index (χ3n) is 8.00. The van der Waals surface area contributed by atoms with E-state index in [1.54, 1.807) is 48.5 Å². The molecule has 0 fully saturated rings. The van der Waals surface area contributed by atoms with Gasteiger partial charge in [0.05, 0.1) is 16.3 Å². The van der Waals surface area contributed by atoms with Gasteiger partial charge in [0.25, 0.3) is 0 Å². The van der Waals surface area contributed by atoms with Crippen LogP contribution in [0.15, 0.2) is 154 Å². The second kappa shape index (κ2) is 10.1. The molecule has 0 bridgehead atoms. The lowest BCUT2D eigenvalue weighted by molar-refractivity contribution is 0.474. The number of phenols is 4. The topological polar surface area (TPSA) is 80.9 Å². The zero-order chi connectivity index (χ0) is 28.8. The highest BCUT2D eigenvalue weighted by molar-refractivity contribution is 7.97. The van der Waals surface area contributed by atoms with Crippen LogP contribution >= 0.6 is 0 Å². The van der Waals surface area contributed by atoms with E-state index in [1.807, 2.05) is 48.5 Å². The van der Waals surface area contributed by atoms with Crippen LogP contribution in [0.25, 0.3) is 11.1 Å². The maximum absolute atomic E-state index is 10.2. The first-order valence-corrected chi connectivity index (χ1v) is 14.8. The summed E-state index contributed by atoms with van der Waals surface area (Å²) in [5.41, 5.74) is 5.79. The number of fused-ring (bicyclic) bond motifs is 3. The molecule has 0 unspecified atom stereocenters. The minimum Gasteiger partial charge on any atom is -0.508 e. The smallest absolute Gasteiger partial charge is 0.166 e. The molecule has 4 N–H and O–H groups in total. The van der Waals surface area contributed by atoms with E-state index in [-0.39, 0.29) is 23.0 Å². The number of hydrogen-bond acceptors (Lipinski definition) is 4. The van der Waals surface area contributed by atoms with E-state index < -0.39 is 16.3 Å². The van der Waals surface area contributed by atoms with Crippen molar-refractivity contribution in [3.8, 4) is 34.1 Å². The highest BCUT2D eigenvalue weighted by atomic mass is 32.2. The molecule has 0 amide bonds. The summed E-state index contributed by atoms with van der Waals surface area (Å²) >= 11 is 0. The van der Waals surface area contributed by atoms with Crippen molar-refractivity contribution < 1.29 is 20.4 Å². The van der Waals surface area contributed by atoms with Crippen molar-refractivity contribution in [1.82, 2.24) is 0 Å². The quantitative estimate of drug-likeness (QED) is 0.159. The zero-order valence-electron chi connectivity index (χ0n) is 22.5. The van der Waals surface area contributed by atoms with Crippen molar-refractivity contribution in [2.75, 3.05) is 0 Å². The minimum atomic E-state index is -0.706. The van der Waals surface area contributed by atoms with Gasteiger partial charge in [-0.1, -0.05) is 48.5 Å².